The van der Waals surface area contributed by atoms with Crippen LogP contribution >= 0.6 is 22.9 Å². The smallest absolute Gasteiger partial charge is 0.244 e. The first-order valence-corrected chi connectivity index (χ1v) is 8.91. The second-order valence-corrected chi connectivity index (χ2v) is 7.18. The molecule has 1 aromatic heterocycles. The van der Waals surface area contributed by atoms with Crippen molar-refractivity contribution in [2.45, 2.75) is 19.9 Å². The van der Waals surface area contributed by atoms with E-state index in [9.17, 15) is 4.79 Å². The van der Waals surface area contributed by atoms with Gasteiger partial charge in [-0.15, -0.1) is 11.3 Å². The Morgan fingerprint density at radius 3 is 2.96 bits per heavy atom. The van der Waals surface area contributed by atoms with E-state index in [0.717, 1.165) is 16.9 Å². The summed E-state index contributed by atoms with van der Waals surface area (Å²) in [5, 5.41) is 3.35. The van der Waals surface area contributed by atoms with Crippen molar-refractivity contribution in [2.75, 3.05) is 13.2 Å². The Kier molecular flexibility index (Phi) is 5.43. The van der Waals surface area contributed by atoms with Crippen molar-refractivity contribution >= 4 is 34.9 Å². The third-order valence-electron chi connectivity index (χ3n) is 3.49. The van der Waals surface area contributed by atoms with Gasteiger partial charge in [-0.25, -0.2) is 0 Å². The van der Waals surface area contributed by atoms with E-state index in [2.05, 4.69) is 5.32 Å². The maximum absolute atomic E-state index is 11.9. The Morgan fingerprint density at radius 2 is 2.17 bits per heavy atom. The van der Waals surface area contributed by atoms with E-state index >= 15 is 0 Å². The SMILES string of the molecule is Cc1ccc(/C=C/C(=O)NCc2cc(Cl)c3c(c2)OCCCO3)s1. The first kappa shape index (κ1) is 16.9. The lowest BCUT2D eigenvalue weighted by atomic mass is 10.2. The van der Waals surface area contributed by atoms with E-state index in [0.29, 0.717) is 36.3 Å². The van der Waals surface area contributed by atoms with Crippen LogP contribution in [-0.2, 0) is 11.3 Å². The van der Waals surface area contributed by atoms with Gasteiger partial charge in [0.2, 0.25) is 5.91 Å². The average Bonchev–Trinajstić information content (AvgIpc) is 2.82. The molecule has 0 unspecified atom stereocenters. The Bertz CT molecular complexity index is 770. The molecule has 4 nitrogen and oxygen atoms in total. The van der Waals surface area contributed by atoms with Crippen LogP contribution in [0.15, 0.2) is 30.3 Å². The second-order valence-electron chi connectivity index (χ2n) is 5.45. The van der Waals surface area contributed by atoms with E-state index < -0.39 is 0 Å². The molecule has 0 spiro atoms. The molecule has 6 heteroatoms. The number of fused-ring (bicyclic) bond motifs is 1. The van der Waals surface area contributed by atoms with Gasteiger partial charge < -0.3 is 14.8 Å². The zero-order valence-corrected chi connectivity index (χ0v) is 14.9. The van der Waals surface area contributed by atoms with Crippen molar-refractivity contribution in [3.8, 4) is 11.5 Å². The topological polar surface area (TPSA) is 47.6 Å². The van der Waals surface area contributed by atoms with E-state index in [1.165, 1.54) is 11.0 Å². The van der Waals surface area contributed by atoms with Crippen LogP contribution < -0.4 is 14.8 Å². The summed E-state index contributed by atoms with van der Waals surface area (Å²) in [5.41, 5.74) is 0.873. The maximum atomic E-state index is 11.9. The molecule has 1 amide bonds. The van der Waals surface area contributed by atoms with Gasteiger partial charge in [0.25, 0.3) is 0 Å². The second kappa shape index (κ2) is 7.73. The Morgan fingerprint density at radius 1 is 1.33 bits per heavy atom. The van der Waals surface area contributed by atoms with Gasteiger partial charge in [-0.05, 0) is 42.8 Å². The van der Waals surface area contributed by atoms with Gasteiger partial charge in [-0.3, -0.25) is 4.79 Å². The Balaban J connectivity index is 1.62. The Labute approximate surface area is 150 Å². The van der Waals surface area contributed by atoms with Gasteiger partial charge in [-0.2, -0.15) is 0 Å². The van der Waals surface area contributed by atoms with Crippen molar-refractivity contribution in [3.05, 3.63) is 50.7 Å². The predicted molar refractivity (Wildman–Crippen MR) is 97.0 cm³/mol. The molecule has 1 N–H and O–H groups in total. The van der Waals surface area contributed by atoms with Gasteiger partial charge in [-0.1, -0.05) is 11.6 Å². The van der Waals surface area contributed by atoms with Crippen LogP contribution in [0.5, 0.6) is 11.5 Å². The van der Waals surface area contributed by atoms with Crippen LogP contribution in [0.2, 0.25) is 5.02 Å². The molecule has 1 aliphatic heterocycles. The zero-order valence-electron chi connectivity index (χ0n) is 13.3. The van der Waals surface area contributed by atoms with Gasteiger partial charge in [0.15, 0.2) is 11.5 Å². The number of benzene rings is 1. The van der Waals surface area contributed by atoms with E-state index in [4.69, 9.17) is 21.1 Å². The number of ether oxygens (including phenoxy) is 2. The van der Waals surface area contributed by atoms with Crippen molar-refractivity contribution in [1.82, 2.24) is 5.32 Å². The zero-order chi connectivity index (χ0) is 16.9. The Hall–Kier alpha value is -1.98. The molecular weight excluding hydrogens is 346 g/mol. The van der Waals surface area contributed by atoms with Crippen LogP contribution in [0.25, 0.3) is 6.08 Å². The first-order valence-electron chi connectivity index (χ1n) is 7.72. The molecule has 0 radical (unpaired) electrons. The standard InChI is InChI=1S/C18H18ClNO3S/c1-12-3-4-14(24-12)5-6-17(21)20-11-13-9-15(19)18-16(10-13)22-7-2-8-23-18/h3-6,9-10H,2,7-8,11H2,1H3,(H,20,21)/b6-5+. The summed E-state index contributed by atoms with van der Waals surface area (Å²) in [4.78, 5) is 14.2. The predicted octanol–water partition coefficient (Wildman–Crippen LogP) is 4.20. The summed E-state index contributed by atoms with van der Waals surface area (Å²) in [6, 6.07) is 7.68. The van der Waals surface area contributed by atoms with E-state index in [1.54, 1.807) is 17.4 Å². The minimum absolute atomic E-state index is 0.149. The van der Waals surface area contributed by atoms with Crippen molar-refractivity contribution < 1.29 is 14.3 Å². The van der Waals surface area contributed by atoms with Crippen molar-refractivity contribution in [2.24, 2.45) is 0 Å². The van der Waals surface area contributed by atoms with Gasteiger partial charge in [0.05, 0.1) is 18.2 Å². The number of amides is 1. The highest BCUT2D eigenvalue weighted by molar-refractivity contribution is 7.12. The molecule has 24 heavy (non-hydrogen) atoms. The minimum atomic E-state index is -0.149. The molecule has 1 aromatic carbocycles. The van der Waals surface area contributed by atoms with E-state index in [1.807, 2.05) is 31.2 Å². The highest BCUT2D eigenvalue weighted by Gasteiger charge is 2.15. The largest absolute Gasteiger partial charge is 0.489 e. The lowest BCUT2D eigenvalue weighted by Gasteiger charge is -2.11. The lowest BCUT2D eigenvalue weighted by molar-refractivity contribution is -0.116. The number of rotatable bonds is 4. The summed E-state index contributed by atoms with van der Waals surface area (Å²) in [5.74, 6) is 1.07. The fourth-order valence-corrected chi connectivity index (χ4v) is 3.40. The molecule has 0 fully saturated rings. The number of aryl methyl sites for hydroxylation is 1. The fraction of sp³-hybridized carbons (Fsp3) is 0.278. The lowest BCUT2D eigenvalue weighted by Crippen LogP contribution is -2.20. The molecule has 0 atom stereocenters. The number of thiophene rings is 1. The number of halogens is 1. The molecule has 2 aromatic rings. The van der Waals surface area contributed by atoms with Crippen LogP contribution in [0.4, 0.5) is 0 Å². The monoisotopic (exact) mass is 363 g/mol. The molecule has 126 valence electrons. The molecular formula is C18H18ClNO3S. The number of carbonyl (C=O) groups excluding carboxylic acids is 1. The minimum Gasteiger partial charge on any atom is -0.489 e. The van der Waals surface area contributed by atoms with Gasteiger partial charge in [0.1, 0.15) is 0 Å². The quantitative estimate of drug-likeness (QED) is 0.828. The van der Waals surface area contributed by atoms with Crippen molar-refractivity contribution in [3.63, 3.8) is 0 Å². The highest BCUT2D eigenvalue weighted by Crippen LogP contribution is 2.37. The number of hydrogen-bond acceptors (Lipinski definition) is 4. The number of hydrogen-bond donors (Lipinski definition) is 1. The fourth-order valence-electron chi connectivity index (χ4n) is 2.34. The first-order chi connectivity index (χ1) is 11.6. The molecule has 0 aliphatic carbocycles. The molecule has 3 rings (SSSR count). The summed E-state index contributed by atoms with van der Waals surface area (Å²) in [6.07, 6.45) is 4.17. The summed E-state index contributed by atoms with van der Waals surface area (Å²) >= 11 is 7.90. The highest BCUT2D eigenvalue weighted by atomic mass is 35.5. The molecule has 2 heterocycles. The van der Waals surface area contributed by atoms with E-state index in [-0.39, 0.29) is 5.91 Å². The third kappa shape index (κ3) is 4.30. The van der Waals surface area contributed by atoms with Gasteiger partial charge >= 0.3 is 0 Å². The van der Waals surface area contributed by atoms with Gasteiger partial charge in [0, 0.05) is 28.8 Å². The van der Waals surface area contributed by atoms with Crippen LogP contribution in [0.3, 0.4) is 0 Å². The maximum Gasteiger partial charge on any atom is 0.244 e. The molecule has 0 saturated carbocycles. The summed E-state index contributed by atoms with van der Waals surface area (Å²) < 4.78 is 11.2. The van der Waals surface area contributed by atoms with Crippen LogP contribution in [0, 0.1) is 6.92 Å². The normalized spacial score (nSPS) is 13.8. The number of nitrogens with one attached hydrogen (secondary N) is 1. The van der Waals surface area contributed by atoms with Crippen molar-refractivity contribution in [1.29, 1.82) is 0 Å². The summed E-state index contributed by atoms with van der Waals surface area (Å²) in [6.45, 7) is 3.61. The summed E-state index contributed by atoms with van der Waals surface area (Å²) in [7, 11) is 0. The molecule has 1 aliphatic rings. The number of carbonyl (C=O) groups is 1. The van der Waals surface area contributed by atoms with Crippen LogP contribution in [0.1, 0.15) is 21.7 Å². The molecule has 0 bridgehead atoms. The molecule has 0 saturated heterocycles. The third-order valence-corrected chi connectivity index (χ3v) is 4.74. The van der Waals surface area contributed by atoms with Crippen LogP contribution in [-0.4, -0.2) is 19.1 Å². The average molecular weight is 364 g/mol.